The van der Waals surface area contributed by atoms with Crippen LogP contribution in [0.1, 0.15) is 32.3 Å². The number of nitrogens with two attached hydrogens (primary N) is 1. The molecular weight excluding hydrogens is 242 g/mol. The van der Waals surface area contributed by atoms with Crippen LogP contribution < -0.4 is 15.2 Å². The van der Waals surface area contributed by atoms with Crippen molar-refractivity contribution in [2.75, 3.05) is 26.4 Å². The van der Waals surface area contributed by atoms with E-state index in [-0.39, 0.29) is 0 Å². The van der Waals surface area contributed by atoms with E-state index in [4.69, 9.17) is 19.9 Å². The highest BCUT2D eigenvalue weighted by molar-refractivity contribution is 5.40. The second-order valence-corrected chi connectivity index (χ2v) is 4.28. The highest BCUT2D eigenvalue weighted by Gasteiger charge is 2.05. The summed E-state index contributed by atoms with van der Waals surface area (Å²) in [4.78, 5) is 0. The molecule has 0 heterocycles. The van der Waals surface area contributed by atoms with Crippen LogP contribution in [0, 0.1) is 0 Å². The van der Waals surface area contributed by atoms with Crippen LogP contribution in [0.2, 0.25) is 0 Å². The molecule has 1 aromatic rings. The smallest absolute Gasteiger partial charge is 0.127 e. The van der Waals surface area contributed by atoms with E-state index in [0.717, 1.165) is 36.5 Å². The van der Waals surface area contributed by atoms with Crippen LogP contribution >= 0.6 is 0 Å². The molecule has 0 amide bonds. The Labute approximate surface area is 115 Å². The SMILES string of the molecule is CCCOCCOc1cc(OCCC)ccc1CN. The summed E-state index contributed by atoms with van der Waals surface area (Å²) >= 11 is 0. The zero-order chi connectivity index (χ0) is 13.9. The van der Waals surface area contributed by atoms with Crippen molar-refractivity contribution < 1.29 is 14.2 Å². The summed E-state index contributed by atoms with van der Waals surface area (Å²) in [6.45, 7) is 7.23. The van der Waals surface area contributed by atoms with Crippen molar-refractivity contribution >= 4 is 0 Å². The van der Waals surface area contributed by atoms with Crippen molar-refractivity contribution in [1.82, 2.24) is 0 Å². The van der Waals surface area contributed by atoms with Crippen molar-refractivity contribution in [3.05, 3.63) is 23.8 Å². The third kappa shape index (κ3) is 5.94. The standard InChI is InChI=1S/C15H25NO3/c1-3-7-17-9-10-19-15-11-14(18-8-4-2)6-5-13(15)12-16/h5-6,11H,3-4,7-10,12,16H2,1-2H3. The predicted molar refractivity (Wildman–Crippen MR) is 76.7 cm³/mol. The first-order chi connectivity index (χ1) is 9.31. The molecule has 0 fully saturated rings. The second-order valence-electron chi connectivity index (χ2n) is 4.28. The fourth-order valence-electron chi connectivity index (χ4n) is 1.60. The summed E-state index contributed by atoms with van der Waals surface area (Å²) < 4.78 is 16.7. The topological polar surface area (TPSA) is 53.7 Å². The van der Waals surface area contributed by atoms with E-state index in [0.29, 0.717) is 26.4 Å². The molecule has 4 nitrogen and oxygen atoms in total. The predicted octanol–water partition coefficient (Wildman–Crippen LogP) is 2.74. The van der Waals surface area contributed by atoms with Gasteiger partial charge in [-0.1, -0.05) is 19.9 Å². The highest BCUT2D eigenvalue weighted by Crippen LogP contribution is 2.24. The van der Waals surface area contributed by atoms with E-state index in [2.05, 4.69) is 13.8 Å². The van der Waals surface area contributed by atoms with Gasteiger partial charge in [0.05, 0.1) is 13.2 Å². The molecule has 0 saturated heterocycles. The molecule has 0 aliphatic heterocycles. The molecule has 0 aliphatic carbocycles. The average molecular weight is 267 g/mol. The molecule has 4 heteroatoms. The molecule has 0 bridgehead atoms. The van der Waals surface area contributed by atoms with Crippen molar-refractivity contribution in [2.24, 2.45) is 5.73 Å². The average Bonchev–Trinajstić information content (AvgIpc) is 2.45. The van der Waals surface area contributed by atoms with E-state index in [1.807, 2.05) is 18.2 Å². The number of hydrogen-bond acceptors (Lipinski definition) is 4. The van der Waals surface area contributed by atoms with Gasteiger partial charge in [-0.25, -0.2) is 0 Å². The third-order valence-electron chi connectivity index (χ3n) is 2.57. The maximum absolute atomic E-state index is 5.71. The molecule has 19 heavy (non-hydrogen) atoms. The van der Waals surface area contributed by atoms with Gasteiger partial charge in [-0.15, -0.1) is 0 Å². The first kappa shape index (κ1) is 15.8. The van der Waals surface area contributed by atoms with Crippen molar-refractivity contribution in [3.8, 4) is 11.5 Å². The lowest BCUT2D eigenvalue weighted by Crippen LogP contribution is -2.09. The van der Waals surface area contributed by atoms with Crippen LogP contribution in [0.5, 0.6) is 11.5 Å². The largest absolute Gasteiger partial charge is 0.493 e. The minimum Gasteiger partial charge on any atom is -0.493 e. The maximum atomic E-state index is 5.71. The number of ether oxygens (including phenoxy) is 3. The van der Waals surface area contributed by atoms with Crippen LogP contribution in [0.4, 0.5) is 0 Å². The second kappa shape index (κ2) is 9.64. The fourth-order valence-corrected chi connectivity index (χ4v) is 1.60. The Morgan fingerprint density at radius 1 is 0.947 bits per heavy atom. The molecule has 0 aromatic heterocycles. The van der Waals surface area contributed by atoms with Gasteiger partial charge in [0, 0.05) is 24.8 Å². The monoisotopic (exact) mass is 267 g/mol. The molecule has 0 aliphatic rings. The molecule has 0 atom stereocenters. The van der Waals surface area contributed by atoms with E-state index >= 15 is 0 Å². The van der Waals surface area contributed by atoms with E-state index in [9.17, 15) is 0 Å². The lowest BCUT2D eigenvalue weighted by atomic mass is 10.2. The molecule has 1 rings (SSSR count). The van der Waals surface area contributed by atoms with Crippen molar-refractivity contribution in [2.45, 2.75) is 33.2 Å². The fraction of sp³-hybridized carbons (Fsp3) is 0.600. The number of rotatable bonds is 10. The number of hydrogen-bond donors (Lipinski definition) is 1. The van der Waals surface area contributed by atoms with Crippen LogP contribution in [0.15, 0.2) is 18.2 Å². The van der Waals surface area contributed by atoms with E-state index in [1.165, 1.54) is 0 Å². The summed E-state index contributed by atoms with van der Waals surface area (Å²) in [6.07, 6.45) is 2.01. The molecule has 0 saturated carbocycles. The summed E-state index contributed by atoms with van der Waals surface area (Å²) in [5.41, 5.74) is 6.69. The normalized spacial score (nSPS) is 10.5. The van der Waals surface area contributed by atoms with Gasteiger partial charge in [0.2, 0.25) is 0 Å². The van der Waals surface area contributed by atoms with Crippen LogP contribution in [-0.2, 0) is 11.3 Å². The zero-order valence-corrected chi connectivity index (χ0v) is 12.0. The molecule has 1 aromatic carbocycles. The molecule has 0 radical (unpaired) electrons. The van der Waals surface area contributed by atoms with Gasteiger partial charge in [-0.3, -0.25) is 0 Å². The quantitative estimate of drug-likeness (QED) is 0.662. The third-order valence-corrected chi connectivity index (χ3v) is 2.57. The summed E-state index contributed by atoms with van der Waals surface area (Å²) in [5.74, 6) is 1.61. The zero-order valence-electron chi connectivity index (χ0n) is 12.0. The van der Waals surface area contributed by atoms with Gasteiger partial charge < -0.3 is 19.9 Å². The lowest BCUT2D eigenvalue weighted by Gasteiger charge is -2.13. The molecule has 108 valence electrons. The van der Waals surface area contributed by atoms with Gasteiger partial charge in [-0.2, -0.15) is 0 Å². The van der Waals surface area contributed by atoms with Gasteiger partial charge >= 0.3 is 0 Å². The maximum Gasteiger partial charge on any atom is 0.127 e. The number of benzene rings is 1. The van der Waals surface area contributed by atoms with Gasteiger partial charge in [0.15, 0.2) is 0 Å². The minimum absolute atomic E-state index is 0.458. The van der Waals surface area contributed by atoms with Gasteiger partial charge in [0.25, 0.3) is 0 Å². The van der Waals surface area contributed by atoms with Gasteiger partial charge in [0.1, 0.15) is 18.1 Å². The lowest BCUT2D eigenvalue weighted by molar-refractivity contribution is 0.100. The molecular formula is C15H25NO3. The Balaban J connectivity index is 2.52. The summed E-state index contributed by atoms with van der Waals surface area (Å²) in [6, 6.07) is 5.78. The Morgan fingerprint density at radius 2 is 1.74 bits per heavy atom. The van der Waals surface area contributed by atoms with Gasteiger partial charge in [-0.05, 0) is 18.9 Å². The molecule has 0 unspecified atom stereocenters. The molecule has 0 spiro atoms. The Bertz CT molecular complexity index is 355. The highest BCUT2D eigenvalue weighted by atomic mass is 16.5. The Hall–Kier alpha value is -1.26. The summed E-state index contributed by atoms with van der Waals surface area (Å²) in [5, 5.41) is 0. The van der Waals surface area contributed by atoms with Crippen molar-refractivity contribution in [3.63, 3.8) is 0 Å². The summed E-state index contributed by atoms with van der Waals surface area (Å²) in [7, 11) is 0. The first-order valence-electron chi connectivity index (χ1n) is 6.98. The minimum atomic E-state index is 0.458. The molecule has 2 N–H and O–H groups in total. The van der Waals surface area contributed by atoms with Crippen molar-refractivity contribution in [1.29, 1.82) is 0 Å². The first-order valence-corrected chi connectivity index (χ1v) is 6.98. The Kier molecular flexibility index (Phi) is 8.02. The van der Waals surface area contributed by atoms with E-state index < -0.39 is 0 Å². The van der Waals surface area contributed by atoms with E-state index in [1.54, 1.807) is 0 Å². The Morgan fingerprint density at radius 3 is 2.42 bits per heavy atom. The van der Waals surface area contributed by atoms with Crippen LogP contribution in [0.25, 0.3) is 0 Å². The van der Waals surface area contributed by atoms with Crippen LogP contribution in [-0.4, -0.2) is 26.4 Å². The van der Waals surface area contributed by atoms with Crippen LogP contribution in [0.3, 0.4) is 0 Å².